The van der Waals surface area contributed by atoms with Gasteiger partial charge in [-0.15, -0.1) is 0 Å². The van der Waals surface area contributed by atoms with Crippen molar-refractivity contribution in [3.05, 3.63) is 29.3 Å². The van der Waals surface area contributed by atoms with Gasteiger partial charge in [-0.3, -0.25) is 0 Å². The Labute approximate surface area is 98.8 Å². The molecule has 0 aliphatic heterocycles. The predicted octanol–water partition coefficient (Wildman–Crippen LogP) is 2.64. The molecular weight excluding hydrogens is 228 g/mol. The average Bonchev–Trinajstić information content (AvgIpc) is 2.26. The molecule has 0 radical (unpaired) electrons. The fraction of sp³-hybridized carbons (Fsp3) is 0.417. The molecule has 0 bridgehead atoms. The molecule has 1 unspecified atom stereocenters. The summed E-state index contributed by atoms with van der Waals surface area (Å²) < 4.78 is 30.7. The van der Waals surface area contributed by atoms with Crippen LogP contribution in [0.2, 0.25) is 0 Å². The highest BCUT2D eigenvalue weighted by Crippen LogP contribution is 2.19. The van der Waals surface area contributed by atoms with Crippen LogP contribution in [0.15, 0.2) is 12.1 Å². The molecule has 1 aromatic rings. The second kappa shape index (κ2) is 5.61. The van der Waals surface area contributed by atoms with E-state index in [-0.39, 0.29) is 6.61 Å². The summed E-state index contributed by atoms with van der Waals surface area (Å²) in [6.45, 7) is 5.20. The first kappa shape index (κ1) is 13.4. The summed E-state index contributed by atoms with van der Waals surface area (Å²) in [4.78, 5) is 11.4. The Kier molecular flexibility index (Phi) is 4.43. The van der Waals surface area contributed by atoms with E-state index in [4.69, 9.17) is 4.74 Å². The van der Waals surface area contributed by atoms with Gasteiger partial charge in [0.1, 0.15) is 6.04 Å². The van der Waals surface area contributed by atoms with Crippen molar-refractivity contribution in [2.45, 2.75) is 26.8 Å². The van der Waals surface area contributed by atoms with Crippen molar-refractivity contribution < 1.29 is 18.3 Å². The Hall–Kier alpha value is -1.65. The lowest BCUT2D eigenvalue weighted by Crippen LogP contribution is -2.28. The Morgan fingerprint density at radius 1 is 1.41 bits per heavy atom. The molecule has 0 saturated heterocycles. The lowest BCUT2D eigenvalue weighted by atomic mass is 10.1. The van der Waals surface area contributed by atoms with Crippen LogP contribution in [-0.4, -0.2) is 18.6 Å². The molecule has 0 spiro atoms. The van der Waals surface area contributed by atoms with E-state index in [9.17, 15) is 13.6 Å². The first-order valence-electron chi connectivity index (χ1n) is 5.34. The maximum Gasteiger partial charge on any atom is 0.328 e. The number of ether oxygens (including phenoxy) is 1. The number of carbonyl (C=O) groups is 1. The summed E-state index contributed by atoms with van der Waals surface area (Å²) in [7, 11) is 0. The fourth-order valence-electron chi connectivity index (χ4n) is 1.36. The molecule has 94 valence electrons. The standard InChI is InChI=1S/C12H15F2NO2/c1-4-17-12(16)8(3)15-11-6-10(14)9(13)5-7(11)2/h5-6,8,15H,4H2,1-3H3. The van der Waals surface area contributed by atoms with Crippen molar-refractivity contribution in [2.75, 3.05) is 11.9 Å². The predicted molar refractivity (Wildman–Crippen MR) is 60.8 cm³/mol. The number of anilines is 1. The van der Waals surface area contributed by atoms with Gasteiger partial charge in [-0.1, -0.05) is 0 Å². The first-order valence-corrected chi connectivity index (χ1v) is 5.34. The molecule has 0 fully saturated rings. The van der Waals surface area contributed by atoms with E-state index in [1.54, 1.807) is 20.8 Å². The summed E-state index contributed by atoms with van der Waals surface area (Å²) in [5.41, 5.74) is 0.907. The number of esters is 1. The lowest BCUT2D eigenvalue weighted by molar-refractivity contribution is -0.143. The molecule has 1 N–H and O–H groups in total. The zero-order valence-corrected chi connectivity index (χ0v) is 10.0. The minimum atomic E-state index is -0.950. The molecule has 1 rings (SSSR count). The quantitative estimate of drug-likeness (QED) is 0.826. The van der Waals surface area contributed by atoms with E-state index in [1.807, 2.05) is 0 Å². The van der Waals surface area contributed by atoms with Crippen LogP contribution in [0.4, 0.5) is 14.5 Å². The van der Waals surface area contributed by atoms with Gasteiger partial charge in [0.25, 0.3) is 0 Å². The normalized spacial score (nSPS) is 12.1. The number of hydrogen-bond donors (Lipinski definition) is 1. The maximum atomic E-state index is 13.0. The van der Waals surface area contributed by atoms with Crippen LogP contribution in [-0.2, 0) is 9.53 Å². The molecule has 0 aliphatic rings. The minimum Gasteiger partial charge on any atom is -0.464 e. The van der Waals surface area contributed by atoms with Crippen molar-refractivity contribution in [3.63, 3.8) is 0 Å². The maximum absolute atomic E-state index is 13.0. The molecule has 17 heavy (non-hydrogen) atoms. The van der Waals surface area contributed by atoms with Crippen LogP contribution in [0, 0.1) is 18.6 Å². The highest BCUT2D eigenvalue weighted by Gasteiger charge is 2.15. The molecule has 3 nitrogen and oxygen atoms in total. The molecule has 1 atom stereocenters. The van der Waals surface area contributed by atoms with Gasteiger partial charge < -0.3 is 10.1 Å². The number of carbonyl (C=O) groups excluding carboxylic acids is 1. The average molecular weight is 243 g/mol. The summed E-state index contributed by atoms with van der Waals surface area (Å²) in [6, 6.07) is 1.49. The smallest absolute Gasteiger partial charge is 0.328 e. The zero-order valence-electron chi connectivity index (χ0n) is 10.0. The molecule has 0 heterocycles. The van der Waals surface area contributed by atoms with Crippen molar-refractivity contribution in [2.24, 2.45) is 0 Å². The van der Waals surface area contributed by atoms with Gasteiger partial charge in [0, 0.05) is 11.8 Å². The topological polar surface area (TPSA) is 38.3 Å². The molecule has 0 aliphatic carbocycles. The molecule has 5 heteroatoms. The Balaban J connectivity index is 2.81. The summed E-state index contributed by atoms with van der Waals surface area (Å²) in [5, 5.41) is 2.78. The number of nitrogens with one attached hydrogen (secondary N) is 1. The molecule has 0 aromatic heterocycles. The van der Waals surface area contributed by atoms with Gasteiger partial charge in [-0.05, 0) is 32.4 Å². The first-order chi connectivity index (χ1) is 7.95. The van der Waals surface area contributed by atoms with E-state index in [2.05, 4.69) is 5.32 Å². The molecular formula is C12H15F2NO2. The van der Waals surface area contributed by atoms with E-state index < -0.39 is 23.6 Å². The third kappa shape index (κ3) is 3.41. The van der Waals surface area contributed by atoms with Gasteiger partial charge >= 0.3 is 5.97 Å². The SMILES string of the molecule is CCOC(=O)C(C)Nc1cc(F)c(F)cc1C. The monoisotopic (exact) mass is 243 g/mol. The molecule has 0 amide bonds. The van der Waals surface area contributed by atoms with Gasteiger partial charge in [0.05, 0.1) is 6.61 Å². The number of aryl methyl sites for hydroxylation is 1. The van der Waals surface area contributed by atoms with E-state index in [0.29, 0.717) is 11.3 Å². The van der Waals surface area contributed by atoms with Crippen LogP contribution in [0.5, 0.6) is 0 Å². The van der Waals surface area contributed by atoms with Crippen molar-refractivity contribution in [1.29, 1.82) is 0 Å². The molecule has 0 saturated carbocycles. The zero-order chi connectivity index (χ0) is 13.0. The van der Waals surface area contributed by atoms with Crippen LogP contribution < -0.4 is 5.32 Å². The fourth-order valence-corrected chi connectivity index (χ4v) is 1.36. The van der Waals surface area contributed by atoms with Gasteiger partial charge in [-0.2, -0.15) is 0 Å². The Bertz CT molecular complexity index is 421. The van der Waals surface area contributed by atoms with Crippen molar-refractivity contribution in [1.82, 2.24) is 0 Å². The van der Waals surface area contributed by atoms with E-state index >= 15 is 0 Å². The summed E-state index contributed by atoms with van der Waals surface area (Å²) >= 11 is 0. The van der Waals surface area contributed by atoms with Crippen LogP contribution >= 0.6 is 0 Å². The minimum absolute atomic E-state index is 0.279. The third-order valence-corrected chi connectivity index (χ3v) is 2.28. The van der Waals surface area contributed by atoms with E-state index in [1.165, 1.54) is 0 Å². The van der Waals surface area contributed by atoms with Crippen LogP contribution in [0.1, 0.15) is 19.4 Å². The highest BCUT2D eigenvalue weighted by molar-refractivity contribution is 5.79. The van der Waals surface area contributed by atoms with Crippen molar-refractivity contribution in [3.8, 4) is 0 Å². The number of rotatable bonds is 4. The number of benzene rings is 1. The summed E-state index contributed by atoms with van der Waals surface area (Å²) in [6.07, 6.45) is 0. The van der Waals surface area contributed by atoms with Gasteiger partial charge in [0.2, 0.25) is 0 Å². The molecule has 1 aromatic carbocycles. The van der Waals surface area contributed by atoms with Crippen LogP contribution in [0.25, 0.3) is 0 Å². The number of halogens is 2. The van der Waals surface area contributed by atoms with Gasteiger partial charge in [0.15, 0.2) is 11.6 Å². The highest BCUT2D eigenvalue weighted by atomic mass is 19.2. The Morgan fingerprint density at radius 3 is 2.59 bits per heavy atom. The van der Waals surface area contributed by atoms with Crippen molar-refractivity contribution >= 4 is 11.7 Å². The lowest BCUT2D eigenvalue weighted by Gasteiger charge is -2.15. The second-order valence-corrected chi connectivity index (χ2v) is 3.70. The van der Waals surface area contributed by atoms with E-state index in [0.717, 1.165) is 12.1 Å². The number of hydrogen-bond acceptors (Lipinski definition) is 3. The second-order valence-electron chi connectivity index (χ2n) is 3.70. The third-order valence-electron chi connectivity index (χ3n) is 2.28. The summed E-state index contributed by atoms with van der Waals surface area (Å²) in [5.74, 6) is -2.29. The largest absolute Gasteiger partial charge is 0.464 e. The van der Waals surface area contributed by atoms with Gasteiger partial charge in [-0.25, -0.2) is 13.6 Å². The van der Waals surface area contributed by atoms with Crippen LogP contribution in [0.3, 0.4) is 0 Å². The Morgan fingerprint density at radius 2 is 2.00 bits per heavy atom.